The van der Waals surface area contributed by atoms with E-state index in [0.29, 0.717) is 13.0 Å². The van der Waals surface area contributed by atoms with E-state index in [9.17, 15) is 4.79 Å². The molecular formula is C47H44N4O. The van der Waals surface area contributed by atoms with Crippen molar-refractivity contribution in [3.63, 3.8) is 0 Å². The number of nitrogens with zero attached hydrogens (tertiary/aromatic N) is 2. The molecule has 0 radical (unpaired) electrons. The van der Waals surface area contributed by atoms with Gasteiger partial charge in [-0.2, -0.15) is 0 Å². The summed E-state index contributed by atoms with van der Waals surface area (Å²) in [6.45, 7) is 2.66. The Labute approximate surface area is 307 Å². The first-order chi connectivity index (χ1) is 25.7. The number of imidazole rings is 1. The lowest BCUT2D eigenvalue weighted by Crippen LogP contribution is -2.56. The summed E-state index contributed by atoms with van der Waals surface area (Å²) in [7, 11) is 0. The average Bonchev–Trinajstić information content (AvgIpc) is 3.69. The molecule has 5 heteroatoms. The zero-order valence-corrected chi connectivity index (χ0v) is 29.5. The number of hydrogen-bond acceptors (Lipinski definition) is 3. The van der Waals surface area contributed by atoms with E-state index in [-0.39, 0.29) is 5.91 Å². The van der Waals surface area contributed by atoms with Gasteiger partial charge in [0.05, 0.1) is 23.6 Å². The van der Waals surface area contributed by atoms with Crippen molar-refractivity contribution in [2.75, 3.05) is 6.54 Å². The van der Waals surface area contributed by atoms with Crippen LogP contribution in [0.4, 0.5) is 0 Å². The highest BCUT2D eigenvalue weighted by Gasteiger charge is 2.41. The van der Waals surface area contributed by atoms with E-state index >= 15 is 0 Å². The zero-order valence-electron chi connectivity index (χ0n) is 29.5. The molecule has 52 heavy (non-hydrogen) atoms. The molecule has 0 spiro atoms. The third kappa shape index (κ3) is 6.71. The molecule has 0 aliphatic carbocycles. The summed E-state index contributed by atoms with van der Waals surface area (Å²) in [5.41, 5.74) is 5.74. The van der Waals surface area contributed by atoms with E-state index in [1.165, 1.54) is 0 Å². The predicted molar refractivity (Wildman–Crippen MR) is 210 cm³/mol. The molecule has 0 bridgehead atoms. The largest absolute Gasteiger partial charge is 0.355 e. The fraction of sp³-hybridized carbons (Fsp3) is 0.149. The van der Waals surface area contributed by atoms with E-state index in [4.69, 9.17) is 4.98 Å². The first kappa shape index (κ1) is 34.4. The number of carbonyl (C=O) groups is 1. The lowest BCUT2D eigenvalue weighted by molar-refractivity contribution is -0.123. The van der Waals surface area contributed by atoms with Gasteiger partial charge in [-0.15, -0.1) is 0 Å². The summed E-state index contributed by atoms with van der Waals surface area (Å²) in [5, 5.41) is 7.16. The fourth-order valence-electron chi connectivity index (χ4n) is 7.50. The molecule has 7 aromatic rings. The zero-order chi connectivity index (χ0) is 35.6. The van der Waals surface area contributed by atoms with Crippen molar-refractivity contribution in [1.29, 1.82) is 0 Å². The van der Waals surface area contributed by atoms with Crippen LogP contribution in [0.15, 0.2) is 195 Å². The molecular weight excluding hydrogens is 637 g/mol. The van der Waals surface area contributed by atoms with Gasteiger partial charge in [-0.25, -0.2) is 4.98 Å². The number of nitrogens with one attached hydrogen (secondary N) is 2. The molecule has 1 aromatic heterocycles. The quantitative estimate of drug-likeness (QED) is 0.113. The van der Waals surface area contributed by atoms with Gasteiger partial charge in [0.15, 0.2) is 0 Å². The van der Waals surface area contributed by atoms with Crippen LogP contribution in [0, 0.1) is 0 Å². The molecule has 6 aromatic carbocycles. The molecule has 1 amide bonds. The second-order valence-corrected chi connectivity index (χ2v) is 13.1. The van der Waals surface area contributed by atoms with Gasteiger partial charge in [-0.3, -0.25) is 10.1 Å². The van der Waals surface area contributed by atoms with E-state index in [1.54, 1.807) is 0 Å². The van der Waals surface area contributed by atoms with Crippen LogP contribution in [-0.4, -0.2) is 28.0 Å². The van der Waals surface area contributed by atoms with Crippen LogP contribution in [0.25, 0.3) is 0 Å². The minimum atomic E-state index is -0.831. The topological polar surface area (TPSA) is 59.0 Å². The van der Waals surface area contributed by atoms with Gasteiger partial charge in [0.2, 0.25) is 5.91 Å². The van der Waals surface area contributed by atoms with Crippen molar-refractivity contribution in [2.45, 2.75) is 36.9 Å². The summed E-state index contributed by atoms with van der Waals surface area (Å²) < 4.78 is 2.21. The number of aromatic nitrogens is 2. The third-order valence-corrected chi connectivity index (χ3v) is 9.89. The standard InChI is InChI=1S/C47H44N4O/c1-2-33-48-45(52)44(50-46(37-21-9-3-10-22-37,38-23-11-4-12-24-38)39-25-13-5-14-26-39)34-43-35-51(36-49-43)47(40-27-15-6-16-28-40,41-29-17-7-18-30-41)42-31-19-8-20-32-42/h3-32,35-36,44,50H,2,33-34H2,1H3,(H,48,52)/t44-/m0/s1. The van der Waals surface area contributed by atoms with Crippen molar-refractivity contribution >= 4 is 5.91 Å². The van der Waals surface area contributed by atoms with Crippen molar-refractivity contribution in [2.24, 2.45) is 0 Å². The number of amides is 1. The molecule has 258 valence electrons. The highest BCUT2D eigenvalue weighted by molar-refractivity contribution is 5.82. The maximum Gasteiger partial charge on any atom is 0.237 e. The van der Waals surface area contributed by atoms with Gasteiger partial charge in [-0.05, 0) is 39.8 Å². The van der Waals surface area contributed by atoms with Gasteiger partial charge < -0.3 is 9.88 Å². The van der Waals surface area contributed by atoms with Gasteiger partial charge in [0, 0.05) is 19.2 Å². The Hall–Kier alpha value is -6.04. The Morgan fingerprint density at radius 3 is 1.31 bits per heavy atom. The second kappa shape index (κ2) is 15.9. The molecule has 2 N–H and O–H groups in total. The molecule has 0 unspecified atom stereocenters. The smallest absolute Gasteiger partial charge is 0.237 e. The Bertz CT molecular complexity index is 1940. The summed E-state index contributed by atoms with van der Waals surface area (Å²) >= 11 is 0. The lowest BCUT2D eigenvalue weighted by Gasteiger charge is -2.40. The van der Waals surface area contributed by atoms with Gasteiger partial charge >= 0.3 is 0 Å². The minimum absolute atomic E-state index is 0.0657. The van der Waals surface area contributed by atoms with Crippen molar-refractivity contribution in [3.05, 3.63) is 234 Å². The lowest BCUT2D eigenvalue weighted by atomic mass is 9.76. The number of benzene rings is 6. The monoisotopic (exact) mass is 680 g/mol. The maximum absolute atomic E-state index is 14.3. The Balaban J connectivity index is 1.37. The second-order valence-electron chi connectivity index (χ2n) is 13.1. The van der Waals surface area contributed by atoms with Crippen LogP contribution in [0.5, 0.6) is 0 Å². The van der Waals surface area contributed by atoms with Crippen molar-refractivity contribution < 1.29 is 4.79 Å². The van der Waals surface area contributed by atoms with Crippen molar-refractivity contribution in [3.8, 4) is 0 Å². The predicted octanol–water partition coefficient (Wildman–Crippen LogP) is 8.74. The molecule has 0 saturated heterocycles. The van der Waals surface area contributed by atoms with Crippen LogP contribution in [0.3, 0.4) is 0 Å². The number of rotatable bonds is 14. The summed E-state index contributed by atoms with van der Waals surface area (Å²) in [6, 6.07) is 62.3. The first-order valence-corrected chi connectivity index (χ1v) is 18.1. The maximum atomic E-state index is 14.3. The van der Waals surface area contributed by atoms with E-state index < -0.39 is 17.1 Å². The van der Waals surface area contributed by atoms with E-state index in [0.717, 1.165) is 45.5 Å². The summed E-state index contributed by atoms with van der Waals surface area (Å²) in [4.78, 5) is 19.4. The molecule has 0 saturated carbocycles. The minimum Gasteiger partial charge on any atom is -0.355 e. The highest BCUT2D eigenvalue weighted by Crippen LogP contribution is 2.41. The van der Waals surface area contributed by atoms with Gasteiger partial charge in [0.1, 0.15) is 5.54 Å². The molecule has 0 fully saturated rings. The van der Waals surface area contributed by atoms with Crippen LogP contribution >= 0.6 is 0 Å². The van der Waals surface area contributed by atoms with Crippen LogP contribution in [0.2, 0.25) is 0 Å². The van der Waals surface area contributed by atoms with E-state index in [2.05, 4.69) is 174 Å². The Morgan fingerprint density at radius 2 is 0.942 bits per heavy atom. The first-order valence-electron chi connectivity index (χ1n) is 18.1. The van der Waals surface area contributed by atoms with Gasteiger partial charge in [0.25, 0.3) is 0 Å². The molecule has 1 atom stereocenters. The number of hydrogen-bond donors (Lipinski definition) is 2. The molecule has 1 heterocycles. The van der Waals surface area contributed by atoms with Gasteiger partial charge in [-0.1, -0.05) is 189 Å². The van der Waals surface area contributed by atoms with E-state index in [1.807, 2.05) is 42.7 Å². The molecule has 0 aliphatic heterocycles. The van der Waals surface area contributed by atoms with Crippen LogP contribution in [0.1, 0.15) is 52.4 Å². The summed E-state index contributed by atoms with van der Waals surface area (Å²) in [6.07, 6.45) is 5.24. The molecule has 0 aliphatic rings. The van der Waals surface area contributed by atoms with Crippen LogP contribution < -0.4 is 10.6 Å². The summed E-state index contributed by atoms with van der Waals surface area (Å²) in [5.74, 6) is -0.0657. The van der Waals surface area contributed by atoms with Crippen molar-refractivity contribution in [1.82, 2.24) is 20.2 Å². The third-order valence-electron chi connectivity index (χ3n) is 9.89. The normalized spacial score (nSPS) is 12.2. The average molecular weight is 681 g/mol. The molecule has 7 rings (SSSR count). The Morgan fingerprint density at radius 1 is 0.577 bits per heavy atom. The SMILES string of the molecule is CCCNC(=O)[C@H](Cc1cn(C(c2ccccc2)(c2ccccc2)c2ccccc2)cn1)NC(c1ccccc1)(c1ccccc1)c1ccccc1. The fourth-order valence-corrected chi connectivity index (χ4v) is 7.50. The highest BCUT2D eigenvalue weighted by atomic mass is 16.2. The molecule has 5 nitrogen and oxygen atoms in total. The Kier molecular flexibility index (Phi) is 10.5. The van der Waals surface area contributed by atoms with Crippen LogP contribution in [-0.2, 0) is 22.3 Å². The number of carbonyl (C=O) groups excluding carboxylic acids is 1.